The average Bonchev–Trinajstić information content (AvgIpc) is 2.54. The number of halogens is 1. The predicted molar refractivity (Wildman–Crippen MR) is 60.7 cm³/mol. The highest BCUT2D eigenvalue weighted by molar-refractivity contribution is 5.85. The second-order valence-corrected chi connectivity index (χ2v) is 3.67. The maximum absolute atomic E-state index is 5.65. The fourth-order valence-electron chi connectivity index (χ4n) is 1.62. The minimum absolute atomic E-state index is 0. The molecule has 2 heterocycles. The second kappa shape index (κ2) is 5.28. The Hall–Kier alpha value is -0.870. The number of nitrogens with zero attached hydrogens (tertiary/aromatic N) is 2. The lowest BCUT2D eigenvalue weighted by Crippen LogP contribution is -2.20. The van der Waals surface area contributed by atoms with Gasteiger partial charge < -0.3 is 10.1 Å². The van der Waals surface area contributed by atoms with Crippen LogP contribution in [-0.4, -0.2) is 29.2 Å². The van der Waals surface area contributed by atoms with Gasteiger partial charge in [-0.1, -0.05) is 0 Å². The Morgan fingerprint density at radius 3 is 2.53 bits per heavy atom. The number of aromatic nitrogens is 2. The van der Waals surface area contributed by atoms with E-state index in [4.69, 9.17) is 4.74 Å². The highest BCUT2D eigenvalue weighted by atomic mass is 35.5. The lowest BCUT2D eigenvalue weighted by atomic mass is 10.3. The molecule has 0 unspecified atom stereocenters. The number of hydrogen-bond donors (Lipinski definition) is 1. The Bertz CT molecular complexity index is 306. The van der Waals surface area contributed by atoms with E-state index in [9.17, 15) is 0 Å². The smallest absolute Gasteiger partial charge is 0.317 e. The van der Waals surface area contributed by atoms with Gasteiger partial charge in [0.05, 0.1) is 0 Å². The zero-order chi connectivity index (χ0) is 9.97. The van der Waals surface area contributed by atoms with Crippen molar-refractivity contribution in [3.8, 4) is 6.01 Å². The van der Waals surface area contributed by atoms with Crippen LogP contribution in [-0.2, 0) is 0 Å². The van der Waals surface area contributed by atoms with Gasteiger partial charge >= 0.3 is 6.01 Å². The second-order valence-electron chi connectivity index (χ2n) is 3.67. The van der Waals surface area contributed by atoms with Gasteiger partial charge in [0, 0.05) is 17.9 Å². The van der Waals surface area contributed by atoms with Gasteiger partial charge in [0.15, 0.2) is 0 Å². The molecule has 0 saturated carbocycles. The van der Waals surface area contributed by atoms with Gasteiger partial charge in [0.1, 0.15) is 6.10 Å². The molecule has 0 spiro atoms. The Kier molecular flexibility index (Phi) is 4.29. The van der Waals surface area contributed by atoms with E-state index in [0.29, 0.717) is 6.01 Å². The van der Waals surface area contributed by atoms with Crippen LogP contribution < -0.4 is 10.1 Å². The van der Waals surface area contributed by atoms with Gasteiger partial charge in [-0.15, -0.1) is 12.4 Å². The molecule has 0 radical (unpaired) electrons. The highest BCUT2D eigenvalue weighted by Crippen LogP contribution is 2.11. The molecule has 2 rings (SSSR count). The molecule has 5 heteroatoms. The van der Waals surface area contributed by atoms with E-state index in [2.05, 4.69) is 15.3 Å². The lowest BCUT2D eigenvalue weighted by Gasteiger charge is -2.10. The van der Waals surface area contributed by atoms with Crippen LogP contribution in [0.2, 0.25) is 0 Å². The van der Waals surface area contributed by atoms with Crippen molar-refractivity contribution in [3.63, 3.8) is 0 Å². The van der Waals surface area contributed by atoms with Crippen molar-refractivity contribution < 1.29 is 4.74 Å². The summed E-state index contributed by atoms with van der Waals surface area (Å²) in [5, 5.41) is 3.24. The number of nitrogens with one attached hydrogen (secondary N) is 1. The number of aryl methyl sites for hydroxylation is 2. The molecule has 1 aliphatic rings. The minimum Gasteiger partial charge on any atom is -0.459 e. The van der Waals surface area contributed by atoms with Gasteiger partial charge in [-0.3, -0.25) is 0 Å². The van der Waals surface area contributed by atoms with E-state index in [1.807, 2.05) is 19.9 Å². The van der Waals surface area contributed by atoms with Crippen molar-refractivity contribution in [2.45, 2.75) is 26.4 Å². The van der Waals surface area contributed by atoms with Crippen molar-refractivity contribution in [1.29, 1.82) is 0 Å². The van der Waals surface area contributed by atoms with Crippen LogP contribution in [0.25, 0.3) is 0 Å². The Labute approximate surface area is 95.9 Å². The van der Waals surface area contributed by atoms with E-state index in [1.165, 1.54) is 0 Å². The summed E-state index contributed by atoms with van der Waals surface area (Å²) in [6, 6.07) is 2.45. The summed E-state index contributed by atoms with van der Waals surface area (Å²) in [7, 11) is 0. The van der Waals surface area contributed by atoms with Crippen LogP contribution >= 0.6 is 12.4 Å². The molecular weight excluding hydrogens is 214 g/mol. The van der Waals surface area contributed by atoms with Crippen molar-refractivity contribution in [2.24, 2.45) is 0 Å². The maximum atomic E-state index is 5.65. The van der Waals surface area contributed by atoms with Crippen molar-refractivity contribution in [3.05, 3.63) is 17.5 Å². The number of rotatable bonds is 2. The fourth-order valence-corrected chi connectivity index (χ4v) is 1.62. The van der Waals surface area contributed by atoms with Crippen LogP contribution in [0.1, 0.15) is 17.8 Å². The van der Waals surface area contributed by atoms with Gasteiger partial charge in [0.25, 0.3) is 0 Å². The molecule has 0 aliphatic carbocycles. The summed E-state index contributed by atoms with van der Waals surface area (Å²) >= 11 is 0. The summed E-state index contributed by atoms with van der Waals surface area (Å²) in [6.07, 6.45) is 1.27. The topological polar surface area (TPSA) is 47.0 Å². The van der Waals surface area contributed by atoms with E-state index in [1.54, 1.807) is 0 Å². The first-order valence-electron chi connectivity index (χ1n) is 4.94. The van der Waals surface area contributed by atoms with Crippen LogP contribution in [0.3, 0.4) is 0 Å². The zero-order valence-electron chi connectivity index (χ0n) is 8.99. The first-order valence-corrected chi connectivity index (χ1v) is 4.94. The molecule has 1 aromatic heterocycles. The van der Waals surface area contributed by atoms with Crippen LogP contribution in [0, 0.1) is 13.8 Å². The summed E-state index contributed by atoms with van der Waals surface area (Å²) in [4.78, 5) is 8.47. The molecule has 84 valence electrons. The molecule has 0 amide bonds. The standard InChI is InChI=1S/C10H15N3O.ClH/c1-7-5-8(2)13-10(12-7)14-9-3-4-11-6-9;/h5,9,11H,3-4,6H2,1-2H3;1H/t9-;/m1./s1. The maximum Gasteiger partial charge on any atom is 0.317 e. The largest absolute Gasteiger partial charge is 0.459 e. The van der Waals surface area contributed by atoms with E-state index in [0.717, 1.165) is 30.9 Å². The highest BCUT2D eigenvalue weighted by Gasteiger charge is 2.17. The molecule has 0 aromatic carbocycles. The van der Waals surface area contributed by atoms with Crippen molar-refractivity contribution >= 4 is 12.4 Å². The molecule has 15 heavy (non-hydrogen) atoms. The third kappa shape index (κ3) is 3.32. The van der Waals surface area contributed by atoms with Crippen LogP contribution in [0.4, 0.5) is 0 Å². The quantitative estimate of drug-likeness (QED) is 0.830. The Morgan fingerprint density at radius 1 is 1.33 bits per heavy atom. The number of hydrogen-bond acceptors (Lipinski definition) is 4. The molecule has 1 aromatic rings. The zero-order valence-corrected chi connectivity index (χ0v) is 9.80. The van der Waals surface area contributed by atoms with E-state index >= 15 is 0 Å². The summed E-state index contributed by atoms with van der Waals surface area (Å²) < 4.78 is 5.65. The van der Waals surface area contributed by atoms with Gasteiger partial charge in [-0.2, -0.15) is 0 Å². The van der Waals surface area contributed by atoms with Crippen LogP contribution in [0.5, 0.6) is 6.01 Å². The minimum atomic E-state index is 0. The molecular formula is C10H16ClN3O. The number of ether oxygens (including phenoxy) is 1. The molecule has 0 bridgehead atoms. The van der Waals surface area contributed by atoms with Gasteiger partial charge in [0.2, 0.25) is 0 Å². The van der Waals surface area contributed by atoms with Gasteiger partial charge in [-0.05, 0) is 32.9 Å². The molecule has 4 nitrogen and oxygen atoms in total. The predicted octanol–water partition coefficient (Wildman–Crippen LogP) is 1.26. The Morgan fingerprint density at radius 2 is 2.00 bits per heavy atom. The fraction of sp³-hybridized carbons (Fsp3) is 0.600. The summed E-state index contributed by atoms with van der Waals surface area (Å²) in [5.74, 6) is 0. The third-order valence-corrected chi connectivity index (χ3v) is 2.25. The molecule has 1 saturated heterocycles. The van der Waals surface area contributed by atoms with Crippen molar-refractivity contribution in [2.75, 3.05) is 13.1 Å². The van der Waals surface area contributed by atoms with Crippen molar-refractivity contribution in [1.82, 2.24) is 15.3 Å². The van der Waals surface area contributed by atoms with Gasteiger partial charge in [-0.25, -0.2) is 9.97 Å². The molecule has 1 N–H and O–H groups in total. The van der Waals surface area contributed by atoms with Crippen LogP contribution in [0.15, 0.2) is 6.07 Å². The first kappa shape index (κ1) is 12.2. The summed E-state index contributed by atoms with van der Waals surface area (Å²) in [5.41, 5.74) is 1.91. The average molecular weight is 230 g/mol. The molecule has 1 atom stereocenters. The SMILES string of the molecule is Cc1cc(C)nc(O[C@@H]2CCNC2)n1.Cl. The molecule has 1 aliphatic heterocycles. The van der Waals surface area contributed by atoms with E-state index < -0.39 is 0 Å². The monoisotopic (exact) mass is 229 g/mol. The van der Waals surface area contributed by atoms with E-state index in [-0.39, 0.29) is 18.5 Å². The molecule has 1 fully saturated rings. The third-order valence-electron chi connectivity index (χ3n) is 2.25. The normalized spacial score (nSPS) is 19.7. The summed E-state index contributed by atoms with van der Waals surface area (Å²) in [6.45, 7) is 5.83. The lowest BCUT2D eigenvalue weighted by molar-refractivity contribution is 0.203. The first-order chi connectivity index (χ1) is 6.74. The Balaban J connectivity index is 0.00000112.